The Hall–Kier alpha value is -5.50. The summed E-state index contributed by atoms with van der Waals surface area (Å²) in [7, 11) is 1.67. The molecule has 278 valence electrons. The minimum absolute atomic E-state index is 0.0000414. The number of nitrogens with two attached hydrogens (primary N) is 1. The summed E-state index contributed by atoms with van der Waals surface area (Å²) >= 11 is 0. The molecule has 5 rings (SSSR count). The van der Waals surface area contributed by atoms with Crippen molar-refractivity contribution in [1.29, 1.82) is 0 Å². The van der Waals surface area contributed by atoms with Crippen molar-refractivity contribution in [3.05, 3.63) is 66.2 Å². The lowest BCUT2D eigenvalue weighted by Gasteiger charge is -2.34. The first-order chi connectivity index (χ1) is 25.0. The van der Waals surface area contributed by atoms with E-state index in [1.807, 2.05) is 6.92 Å². The summed E-state index contributed by atoms with van der Waals surface area (Å²) < 4.78 is 17.3. The van der Waals surface area contributed by atoms with E-state index in [2.05, 4.69) is 16.0 Å². The molecule has 14 nitrogen and oxygen atoms in total. The number of benzene rings is 3. The van der Waals surface area contributed by atoms with Crippen LogP contribution in [0.3, 0.4) is 0 Å². The van der Waals surface area contributed by atoms with Crippen LogP contribution < -0.4 is 35.9 Å². The van der Waals surface area contributed by atoms with E-state index in [4.69, 9.17) is 19.9 Å². The fourth-order valence-corrected chi connectivity index (χ4v) is 6.07. The van der Waals surface area contributed by atoms with Crippen molar-refractivity contribution in [2.75, 3.05) is 55.2 Å². The van der Waals surface area contributed by atoms with Crippen LogP contribution >= 0.6 is 0 Å². The SMILES string of the molecule is C[C@H](CO)N1C[C@H](C)[C@H](CN(C)C(=O)Nc2ccc3c(c2)OCO3)Oc2ccc(NC(=O)CCCCCC(=O)Nc3ccccc3N)cc2CC1=O. The predicted octanol–water partition coefficient (Wildman–Crippen LogP) is 4.84. The van der Waals surface area contributed by atoms with Gasteiger partial charge in [-0.05, 0) is 62.2 Å². The highest BCUT2D eigenvalue weighted by atomic mass is 16.7. The number of nitrogen functional groups attached to an aromatic ring is 1. The van der Waals surface area contributed by atoms with Gasteiger partial charge < -0.3 is 50.8 Å². The van der Waals surface area contributed by atoms with Crippen LogP contribution in [0.25, 0.3) is 0 Å². The van der Waals surface area contributed by atoms with Gasteiger partial charge in [0.05, 0.1) is 37.0 Å². The van der Waals surface area contributed by atoms with Crippen LogP contribution in [0.5, 0.6) is 17.2 Å². The number of anilines is 4. The number of ether oxygens (including phenoxy) is 3. The smallest absolute Gasteiger partial charge is 0.321 e. The summed E-state index contributed by atoms with van der Waals surface area (Å²) in [5.41, 5.74) is 8.63. The average molecular weight is 717 g/mol. The number of hydrogen-bond acceptors (Lipinski definition) is 9. The number of fused-ring (bicyclic) bond motifs is 2. The monoisotopic (exact) mass is 716 g/mol. The van der Waals surface area contributed by atoms with E-state index in [1.54, 1.807) is 79.5 Å². The van der Waals surface area contributed by atoms with Gasteiger partial charge in [-0.2, -0.15) is 0 Å². The van der Waals surface area contributed by atoms with Gasteiger partial charge in [-0.15, -0.1) is 0 Å². The number of aliphatic hydroxyl groups is 1. The van der Waals surface area contributed by atoms with Crippen molar-refractivity contribution in [3.8, 4) is 17.2 Å². The second-order valence-electron chi connectivity index (χ2n) is 13.3. The maximum Gasteiger partial charge on any atom is 0.321 e. The molecular formula is C38H48N6O8. The van der Waals surface area contributed by atoms with Gasteiger partial charge in [0.2, 0.25) is 24.5 Å². The van der Waals surface area contributed by atoms with E-state index >= 15 is 0 Å². The van der Waals surface area contributed by atoms with Crippen molar-refractivity contribution in [3.63, 3.8) is 0 Å². The van der Waals surface area contributed by atoms with Crippen molar-refractivity contribution in [2.45, 2.75) is 64.5 Å². The van der Waals surface area contributed by atoms with Crippen LogP contribution in [0.2, 0.25) is 0 Å². The number of carbonyl (C=O) groups excluding carboxylic acids is 4. The number of urea groups is 1. The van der Waals surface area contributed by atoms with Gasteiger partial charge in [-0.3, -0.25) is 14.4 Å². The van der Waals surface area contributed by atoms with Gasteiger partial charge in [0, 0.05) is 55.4 Å². The average Bonchev–Trinajstić information content (AvgIpc) is 3.60. The summed E-state index contributed by atoms with van der Waals surface area (Å²) in [4.78, 5) is 55.1. The first kappa shape index (κ1) is 37.7. The number of likely N-dealkylation sites (N-methyl/N-ethyl adjacent to an activating group) is 1. The maximum atomic E-state index is 13.6. The Morgan fingerprint density at radius 3 is 2.33 bits per heavy atom. The molecule has 14 heteroatoms. The standard InChI is InChI=1S/C38H48N6O8/c1-24-20-44(25(2)22-45)37(48)18-26-17-27(40-35(46)11-5-4-6-12-36(47)42-30-10-8-7-9-29(30)39)13-15-31(26)52-34(24)21-43(3)38(49)41-28-14-16-32-33(19-28)51-23-50-32/h7-10,13-17,19,24-25,34,45H,4-6,11-12,18,20-23,39H2,1-3H3,(H,40,46)(H,41,49)(H,42,47)/t24-,25+,34-/m0/s1. The fraction of sp³-hybridized carbons (Fsp3) is 0.421. The molecule has 0 aliphatic carbocycles. The third-order valence-corrected chi connectivity index (χ3v) is 9.17. The highest BCUT2D eigenvalue weighted by molar-refractivity contribution is 5.94. The second-order valence-corrected chi connectivity index (χ2v) is 13.3. The van der Waals surface area contributed by atoms with Gasteiger partial charge >= 0.3 is 6.03 Å². The molecule has 3 atom stereocenters. The molecule has 52 heavy (non-hydrogen) atoms. The van der Waals surface area contributed by atoms with Crippen molar-refractivity contribution < 1.29 is 38.5 Å². The molecular weight excluding hydrogens is 668 g/mol. The molecule has 0 bridgehead atoms. The number of nitrogens with zero attached hydrogens (tertiary/aromatic N) is 2. The first-order valence-corrected chi connectivity index (χ1v) is 17.6. The third kappa shape index (κ3) is 10.1. The first-order valence-electron chi connectivity index (χ1n) is 17.6. The van der Waals surface area contributed by atoms with Crippen LogP contribution in [0.15, 0.2) is 60.7 Å². The number of amides is 5. The minimum atomic E-state index is -0.516. The lowest BCUT2D eigenvalue weighted by atomic mass is 10.0. The number of para-hydroxylation sites is 2. The zero-order valence-electron chi connectivity index (χ0n) is 29.9. The molecule has 0 aromatic heterocycles. The van der Waals surface area contributed by atoms with E-state index in [1.165, 1.54) is 4.90 Å². The molecule has 0 saturated heterocycles. The van der Waals surface area contributed by atoms with Crippen molar-refractivity contribution >= 4 is 46.5 Å². The molecule has 2 aliphatic rings. The van der Waals surface area contributed by atoms with E-state index < -0.39 is 12.1 Å². The summed E-state index contributed by atoms with van der Waals surface area (Å²) in [6.45, 7) is 4.16. The topological polar surface area (TPSA) is 185 Å². The largest absolute Gasteiger partial charge is 0.488 e. The quantitative estimate of drug-likeness (QED) is 0.122. The Kier molecular flexibility index (Phi) is 12.8. The van der Waals surface area contributed by atoms with Crippen LogP contribution in [-0.2, 0) is 20.8 Å². The van der Waals surface area contributed by atoms with E-state index in [0.717, 1.165) is 0 Å². The van der Waals surface area contributed by atoms with E-state index in [9.17, 15) is 24.3 Å². The van der Waals surface area contributed by atoms with Gasteiger partial charge in [0.1, 0.15) is 11.9 Å². The summed E-state index contributed by atoms with van der Waals surface area (Å²) in [5.74, 6) is 0.921. The molecule has 0 saturated carbocycles. The highest BCUT2D eigenvalue weighted by Gasteiger charge is 2.32. The zero-order chi connectivity index (χ0) is 37.2. The Morgan fingerprint density at radius 2 is 1.60 bits per heavy atom. The van der Waals surface area contributed by atoms with Crippen LogP contribution in [0, 0.1) is 5.92 Å². The minimum Gasteiger partial charge on any atom is -0.488 e. The molecule has 6 N–H and O–H groups in total. The fourth-order valence-electron chi connectivity index (χ4n) is 6.07. The second kappa shape index (κ2) is 17.6. The van der Waals surface area contributed by atoms with Crippen molar-refractivity contribution in [1.82, 2.24) is 9.80 Å². The lowest BCUT2D eigenvalue weighted by Crippen LogP contribution is -2.48. The molecule has 3 aromatic rings. The molecule has 0 radical (unpaired) electrons. The lowest BCUT2D eigenvalue weighted by molar-refractivity contribution is -0.134. The number of unbranched alkanes of at least 4 members (excludes halogenated alkanes) is 2. The molecule has 2 heterocycles. The number of hydrogen-bond donors (Lipinski definition) is 5. The molecule has 0 spiro atoms. The molecule has 5 amide bonds. The molecule has 0 fully saturated rings. The zero-order valence-corrected chi connectivity index (χ0v) is 29.9. The molecule has 0 unspecified atom stereocenters. The summed E-state index contributed by atoms with van der Waals surface area (Å²) in [5, 5.41) is 18.6. The highest BCUT2D eigenvalue weighted by Crippen LogP contribution is 2.34. The number of carbonyl (C=O) groups is 4. The third-order valence-electron chi connectivity index (χ3n) is 9.17. The van der Waals surface area contributed by atoms with Gasteiger partial charge in [0.15, 0.2) is 11.5 Å². The van der Waals surface area contributed by atoms with Gasteiger partial charge in [-0.25, -0.2) is 4.79 Å². The van der Waals surface area contributed by atoms with Crippen molar-refractivity contribution in [2.24, 2.45) is 5.92 Å². The Labute approximate surface area is 303 Å². The van der Waals surface area contributed by atoms with Crippen LogP contribution in [-0.4, -0.2) is 84.3 Å². The number of aliphatic hydroxyl groups excluding tert-OH is 1. The number of nitrogens with one attached hydrogen (secondary N) is 3. The molecule has 2 aliphatic heterocycles. The van der Waals surface area contributed by atoms with Gasteiger partial charge in [0.25, 0.3) is 0 Å². The van der Waals surface area contributed by atoms with E-state index in [0.29, 0.717) is 77.8 Å². The van der Waals surface area contributed by atoms with Crippen LogP contribution in [0.4, 0.5) is 27.5 Å². The Balaban J connectivity index is 1.19. The predicted molar refractivity (Wildman–Crippen MR) is 197 cm³/mol. The molecule has 3 aromatic carbocycles. The number of rotatable bonds is 13. The Bertz CT molecular complexity index is 1750. The summed E-state index contributed by atoms with van der Waals surface area (Å²) in [6.07, 6.45) is 1.99. The van der Waals surface area contributed by atoms with Crippen LogP contribution in [0.1, 0.15) is 51.5 Å². The Morgan fingerprint density at radius 1 is 0.923 bits per heavy atom. The maximum absolute atomic E-state index is 13.6. The normalized spacial score (nSPS) is 17.1. The summed E-state index contributed by atoms with van der Waals surface area (Å²) in [6, 6.07) is 16.6. The van der Waals surface area contributed by atoms with Gasteiger partial charge in [-0.1, -0.05) is 25.5 Å². The van der Waals surface area contributed by atoms with E-state index in [-0.39, 0.29) is 62.5 Å².